The summed E-state index contributed by atoms with van der Waals surface area (Å²) in [7, 11) is 0. The molecule has 0 bridgehead atoms. The van der Waals surface area contributed by atoms with Crippen LogP contribution >= 0.6 is 0 Å². The maximum Gasteiger partial charge on any atom is 0.295 e. The number of hydrogen-bond donors (Lipinski definition) is 1. The standard InChI is InChI=1S/C18H24N6O4/c1-13(2)9-22-5-6-28-15(10-22)8-20-18(25)14-3-4-16(17(7-14)24(26)27)23-12-19-11-21-23/h3-4,7,11-13,15H,5-6,8-10H2,1-2H3,(H,20,25). The second-order valence-corrected chi connectivity index (χ2v) is 7.16. The summed E-state index contributed by atoms with van der Waals surface area (Å²) in [6, 6.07) is 4.27. The van der Waals surface area contributed by atoms with Gasteiger partial charge in [-0.15, -0.1) is 0 Å². The van der Waals surface area contributed by atoms with Gasteiger partial charge in [0, 0.05) is 37.8 Å². The molecule has 1 atom stereocenters. The number of amides is 1. The van der Waals surface area contributed by atoms with Gasteiger partial charge in [0.15, 0.2) is 0 Å². The molecule has 10 nitrogen and oxygen atoms in total. The average Bonchev–Trinajstić information content (AvgIpc) is 3.20. The highest BCUT2D eigenvalue weighted by Crippen LogP contribution is 2.23. The summed E-state index contributed by atoms with van der Waals surface area (Å²) in [5.41, 5.74) is 0.250. The van der Waals surface area contributed by atoms with E-state index in [0.29, 0.717) is 19.1 Å². The lowest BCUT2D eigenvalue weighted by Crippen LogP contribution is -2.48. The number of carbonyl (C=O) groups is 1. The molecule has 0 aliphatic carbocycles. The molecule has 1 fully saturated rings. The Balaban J connectivity index is 1.64. The van der Waals surface area contributed by atoms with Gasteiger partial charge in [0.2, 0.25) is 0 Å². The molecular formula is C18H24N6O4. The van der Waals surface area contributed by atoms with Crippen molar-refractivity contribution in [1.82, 2.24) is 25.0 Å². The van der Waals surface area contributed by atoms with Crippen molar-refractivity contribution >= 4 is 11.6 Å². The second kappa shape index (κ2) is 8.89. The van der Waals surface area contributed by atoms with E-state index in [4.69, 9.17) is 4.74 Å². The monoisotopic (exact) mass is 388 g/mol. The summed E-state index contributed by atoms with van der Waals surface area (Å²) in [5, 5.41) is 18.1. The first-order valence-electron chi connectivity index (χ1n) is 9.19. The van der Waals surface area contributed by atoms with E-state index < -0.39 is 4.92 Å². The Morgan fingerprint density at radius 3 is 2.96 bits per heavy atom. The zero-order valence-electron chi connectivity index (χ0n) is 15.9. The van der Waals surface area contributed by atoms with Crippen LogP contribution in [-0.2, 0) is 4.74 Å². The van der Waals surface area contributed by atoms with E-state index in [2.05, 4.69) is 34.1 Å². The first-order chi connectivity index (χ1) is 13.4. The van der Waals surface area contributed by atoms with Crippen LogP contribution in [0.2, 0.25) is 0 Å². The normalized spacial score (nSPS) is 17.6. The largest absolute Gasteiger partial charge is 0.374 e. The van der Waals surface area contributed by atoms with E-state index in [-0.39, 0.29) is 28.9 Å². The number of carbonyl (C=O) groups excluding carboxylic acids is 1. The molecule has 0 radical (unpaired) electrons. The minimum atomic E-state index is -0.540. The highest BCUT2D eigenvalue weighted by molar-refractivity contribution is 5.95. The molecule has 2 aromatic rings. The van der Waals surface area contributed by atoms with Gasteiger partial charge in [0.05, 0.1) is 17.6 Å². The summed E-state index contributed by atoms with van der Waals surface area (Å²) in [6.45, 7) is 7.95. The van der Waals surface area contributed by atoms with Gasteiger partial charge in [-0.25, -0.2) is 9.67 Å². The molecule has 1 aliphatic rings. The van der Waals surface area contributed by atoms with Gasteiger partial charge in [-0.05, 0) is 18.1 Å². The minimum absolute atomic E-state index is 0.0964. The van der Waals surface area contributed by atoms with Gasteiger partial charge in [0.25, 0.3) is 11.6 Å². The second-order valence-electron chi connectivity index (χ2n) is 7.16. The molecule has 2 heterocycles. The van der Waals surface area contributed by atoms with Crippen LogP contribution in [0.3, 0.4) is 0 Å². The average molecular weight is 388 g/mol. The molecule has 0 spiro atoms. The SMILES string of the molecule is CC(C)CN1CCOC(CNC(=O)c2ccc(-n3cncn3)c([N+](=O)[O-])c2)C1. The molecule has 1 N–H and O–H groups in total. The van der Waals surface area contributed by atoms with E-state index >= 15 is 0 Å². The highest BCUT2D eigenvalue weighted by Gasteiger charge is 2.23. The zero-order valence-corrected chi connectivity index (χ0v) is 15.9. The zero-order chi connectivity index (χ0) is 20.1. The lowest BCUT2D eigenvalue weighted by molar-refractivity contribution is -0.384. The fourth-order valence-electron chi connectivity index (χ4n) is 3.23. The quantitative estimate of drug-likeness (QED) is 0.561. The molecule has 1 aliphatic heterocycles. The molecule has 150 valence electrons. The van der Waals surface area contributed by atoms with Crippen molar-refractivity contribution < 1.29 is 14.5 Å². The third-order valence-electron chi connectivity index (χ3n) is 4.44. The third-order valence-corrected chi connectivity index (χ3v) is 4.44. The summed E-state index contributed by atoms with van der Waals surface area (Å²) in [5.74, 6) is 0.190. The number of morpholine rings is 1. The van der Waals surface area contributed by atoms with Gasteiger partial charge < -0.3 is 10.1 Å². The predicted octanol–water partition coefficient (Wildman–Crippen LogP) is 1.26. The molecule has 1 saturated heterocycles. The number of hydrogen-bond acceptors (Lipinski definition) is 7. The van der Waals surface area contributed by atoms with Crippen molar-refractivity contribution in [1.29, 1.82) is 0 Å². The van der Waals surface area contributed by atoms with Crippen molar-refractivity contribution in [3.63, 3.8) is 0 Å². The van der Waals surface area contributed by atoms with Crippen molar-refractivity contribution in [3.8, 4) is 5.69 Å². The van der Waals surface area contributed by atoms with Crippen LogP contribution in [0.5, 0.6) is 0 Å². The first-order valence-corrected chi connectivity index (χ1v) is 9.19. The summed E-state index contributed by atoms with van der Waals surface area (Å²) in [6.07, 6.45) is 2.56. The maximum absolute atomic E-state index is 12.5. The van der Waals surface area contributed by atoms with Crippen LogP contribution in [0.25, 0.3) is 5.69 Å². The van der Waals surface area contributed by atoms with Gasteiger partial charge in [-0.2, -0.15) is 5.10 Å². The molecular weight excluding hydrogens is 364 g/mol. The predicted molar refractivity (Wildman–Crippen MR) is 101 cm³/mol. The number of nitrogens with zero attached hydrogens (tertiary/aromatic N) is 5. The Bertz CT molecular complexity index is 823. The topological polar surface area (TPSA) is 115 Å². The smallest absolute Gasteiger partial charge is 0.295 e. The van der Waals surface area contributed by atoms with Crippen LogP contribution < -0.4 is 5.32 Å². The molecule has 10 heteroatoms. The Morgan fingerprint density at radius 2 is 2.29 bits per heavy atom. The molecule has 3 rings (SSSR count). The van der Waals surface area contributed by atoms with Gasteiger partial charge in [-0.3, -0.25) is 19.8 Å². The Labute approximate surface area is 162 Å². The van der Waals surface area contributed by atoms with E-state index in [0.717, 1.165) is 19.6 Å². The summed E-state index contributed by atoms with van der Waals surface area (Å²) in [4.78, 5) is 29.5. The number of nitro groups is 1. The minimum Gasteiger partial charge on any atom is -0.374 e. The fourth-order valence-corrected chi connectivity index (χ4v) is 3.23. The Hall–Kier alpha value is -2.85. The van der Waals surface area contributed by atoms with Gasteiger partial charge in [0.1, 0.15) is 18.3 Å². The van der Waals surface area contributed by atoms with E-state index in [1.807, 2.05) is 0 Å². The molecule has 1 unspecified atom stereocenters. The van der Waals surface area contributed by atoms with E-state index in [9.17, 15) is 14.9 Å². The van der Waals surface area contributed by atoms with E-state index in [1.54, 1.807) is 0 Å². The molecule has 1 amide bonds. The molecule has 0 saturated carbocycles. The fraction of sp³-hybridized carbons (Fsp3) is 0.500. The van der Waals surface area contributed by atoms with Crippen molar-refractivity contribution in [2.45, 2.75) is 20.0 Å². The van der Waals surface area contributed by atoms with Crippen molar-refractivity contribution in [2.24, 2.45) is 5.92 Å². The molecule has 1 aromatic heterocycles. The number of aromatic nitrogens is 3. The molecule has 1 aromatic carbocycles. The summed E-state index contributed by atoms with van der Waals surface area (Å²) >= 11 is 0. The van der Waals surface area contributed by atoms with Crippen LogP contribution in [0.15, 0.2) is 30.9 Å². The number of nitro benzene ring substituents is 1. The first kappa shape index (κ1) is 19.9. The maximum atomic E-state index is 12.5. The van der Waals surface area contributed by atoms with Crippen LogP contribution in [0, 0.1) is 16.0 Å². The van der Waals surface area contributed by atoms with Gasteiger partial charge in [-0.1, -0.05) is 13.8 Å². The summed E-state index contributed by atoms with van der Waals surface area (Å²) < 4.78 is 7.01. The Morgan fingerprint density at radius 1 is 1.46 bits per heavy atom. The van der Waals surface area contributed by atoms with Gasteiger partial charge >= 0.3 is 0 Å². The number of benzene rings is 1. The van der Waals surface area contributed by atoms with Crippen molar-refractivity contribution in [3.05, 3.63) is 46.5 Å². The number of ether oxygens (including phenoxy) is 1. The highest BCUT2D eigenvalue weighted by atomic mass is 16.6. The number of nitrogens with one attached hydrogen (secondary N) is 1. The lowest BCUT2D eigenvalue weighted by atomic mass is 10.1. The molecule has 28 heavy (non-hydrogen) atoms. The van der Waals surface area contributed by atoms with Crippen LogP contribution in [0.1, 0.15) is 24.2 Å². The Kier molecular flexibility index (Phi) is 6.32. The number of rotatable bonds is 7. The van der Waals surface area contributed by atoms with E-state index in [1.165, 1.54) is 35.5 Å². The van der Waals surface area contributed by atoms with Crippen molar-refractivity contribution in [2.75, 3.05) is 32.8 Å². The lowest BCUT2D eigenvalue weighted by Gasteiger charge is -2.33. The third kappa shape index (κ3) is 4.90. The van der Waals surface area contributed by atoms with Crippen LogP contribution in [-0.4, -0.2) is 69.4 Å². The van der Waals surface area contributed by atoms with Crippen LogP contribution in [0.4, 0.5) is 5.69 Å².